The normalized spacial score (nSPS) is 18.5. The van der Waals surface area contributed by atoms with Crippen molar-refractivity contribution in [1.29, 1.82) is 0 Å². The van der Waals surface area contributed by atoms with E-state index in [9.17, 15) is 0 Å². The minimum atomic E-state index is 0.215. The van der Waals surface area contributed by atoms with E-state index in [2.05, 4.69) is 36.5 Å². The summed E-state index contributed by atoms with van der Waals surface area (Å²) in [4.78, 5) is 1.42. The van der Waals surface area contributed by atoms with Crippen LogP contribution in [0.1, 0.15) is 30.0 Å². The standard InChI is InChI=1S/C17H17Cl2NS/c1-11(14-7-6-13(18)8-16(14)19)20-9-12-10-21-17-5-3-2-4-15(12)17/h2-8,11-12,20H,9-10H2,1H3. The van der Waals surface area contributed by atoms with Crippen LogP contribution in [0, 0.1) is 0 Å². The number of rotatable bonds is 4. The summed E-state index contributed by atoms with van der Waals surface area (Å²) in [5.41, 5.74) is 2.56. The number of hydrogen-bond donors (Lipinski definition) is 1. The van der Waals surface area contributed by atoms with Crippen molar-refractivity contribution < 1.29 is 0 Å². The summed E-state index contributed by atoms with van der Waals surface area (Å²) < 4.78 is 0. The third-order valence-electron chi connectivity index (χ3n) is 3.90. The Hall–Kier alpha value is -0.670. The van der Waals surface area contributed by atoms with E-state index in [4.69, 9.17) is 23.2 Å². The van der Waals surface area contributed by atoms with Crippen molar-refractivity contribution in [1.82, 2.24) is 5.32 Å². The molecule has 0 bridgehead atoms. The largest absolute Gasteiger partial charge is 0.310 e. The predicted octanol–water partition coefficient (Wildman–Crippen LogP) is 5.53. The van der Waals surface area contributed by atoms with E-state index in [1.807, 2.05) is 23.9 Å². The number of fused-ring (bicyclic) bond motifs is 1. The van der Waals surface area contributed by atoms with Crippen LogP contribution >= 0.6 is 35.0 Å². The van der Waals surface area contributed by atoms with Crippen LogP contribution < -0.4 is 5.32 Å². The third-order valence-corrected chi connectivity index (χ3v) is 5.71. The molecule has 0 saturated carbocycles. The van der Waals surface area contributed by atoms with Gasteiger partial charge < -0.3 is 5.32 Å². The quantitative estimate of drug-likeness (QED) is 0.786. The molecular formula is C17H17Cl2NS. The van der Waals surface area contributed by atoms with Crippen LogP contribution in [0.15, 0.2) is 47.4 Å². The van der Waals surface area contributed by atoms with Crippen LogP contribution in [0.25, 0.3) is 0 Å². The molecule has 0 saturated heterocycles. The van der Waals surface area contributed by atoms with Crippen molar-refractivity contribution in [2.45, 2.75) is 23.8 Å². The summed E-state index contributed by atoms with van der Waals surface area (Å²) in [5, 5.41) is 5.00. The first-order chi connectivity index (χ1) is 10.1. The fraction of sp³-hybridized carbons (Fsp3) is 0.294. The van der Waals surface area contributed by atoms with Crippen LogP contribution in [0.5, 0.6) is 0 Å². The van der Waals surface area contributed by atoms with Gasteiger partial charge >= 0.3 is 0 Å². The summed E-state index contributed by atoms with van der Waals surface area (Å²) in [6.07, 6.45) is 0. The first-order valence-electron chi connectivity index (χ1n) is 7.05. The predicted molar refractivity (Wildman–Crippen MR) is 92.8 cm³/mol. The molecule has 3 rings (SSSR count). The zero-order valence-corrected chi connectivity index (χ0v) is 14.1. The average molecular weight is 338 g/mol. The van der Waals surface area contributed by atoms with Gasteiger partial charge in [-0.05, 0) is 36.2 Å². The van der Waals surface area contributed by atoms with Crippen LogP contribution in [0.2, 0.25) is 10.0 Å². The summed E-state index contributed by atoms with van der Waals surface area (Å²) in [6.45, 7) is 3.10. The van der Waals surface area contributed by atoms with E-state index in [-0.39, 0.29) is 6.04 Å². The molecule has 0 aliphatic carbocycles. The lowest BCUT2D eigenvalue weighted by Gasteiger charge is -2.19. The summed E-state index contributed by atoms with van der Waals surface area (Å²) >= 11 is 14.2. The summed E-state index contributed by atoms with van der Waals surface area (Å²) in [5.74, 6) is 1.72. The monoisotopic (exact) mass is 337 g/mol. The Balaban J connectivity index is 1.66. The van der Waals surface area contributed by atoms with Crippen LogP contribution in [-0.2, 0) is 0 Å². The highest BCUT2D eigenvalue weighted by Gasteiger charge is 2.23. The maximum absolute atomic E-state index is 6.27. The molecule has 0 spiro atoms. The summed E-state index contributed by atoms with van der Waals surface area (Å²) in [6, 6.07) is 14.6. The number of nitrogens with one attached hydrogen (secondary N) is 1. The number of hydrogen-bond acceptors (Lipinski definition) is 2. The van der Waals surface area contributed by atoms with E-state index in [0.717, 1.165) is 22.9 Å². The topological polar surface area (TPSA) is 12.0 Å². The highest BCUT2D eigenvalue weighted by Crippen LogP contribution is 2.39. The molecule has 1 heterocycles. The van der Waals surface area contributed by atoms with E-state index in [0.29, 0.717) is 10.9 Å². The number of benzene rings is 2. The van der Waals surface area contributed by atoms with Crippen molar-refractivity contribution in [2.75, 3.05) is 12.3 Å². The molecule has 0 radical (unpaired) electrons. The summed E-state index contributed by atoms with van der Waals surface area (Å²) in [7, 11) is 0. The molecule has 2 atom stereocenters. The van der Waals surface area contributed by atoms with Gasteiger partial charge in [0.1, 0.15) is 0 Å². The molecule has 1 aliphatic rings. The molecule has 0 aromatic heterocycles. The van der Waals surface area contributed by atoms with Gasteiger partial charge in [-0.1, -0.05) is 47.5 Å². The molecule has 1 N–H and O–H groups in total. The Kier molecular flexibility index (Phi) is 4.80. The molecule has 110 valence electrons. The first kappa shape index (κ1) is 15.2. The van der Waals surface area contributed by atoms with Crippen LogP contribution in [-0.4, -0.2) is 12.3 Å². The van der Waals surface area contributed by atoms with Crippen LogP contribution in [0.4, 0.5) is 0 Å². The van der Waals surface area contributed by atoms with Gasteiger partial charge in [-0.3, -0.25) is 0 Å². The second-order valence-corrected chi connectivity index (χ2v) is 7.25. The van der Waals surface area contributed by atoms with Gasteiger partial charge in [0, 0.05) is 39.2 Å². The Morgan fingerprint density at radius 1 is 1.24 bits per heavy atom. The lowest BCUT2D eigenvalue weighted by molar-refractivity contribution is 0.541. The highest BCUT2D eigenvalue weighted by molar-refractivity contribution is 7.99. The SMILES string of the molecule is CC(NCC1CSc2ccccc21)c1ccc(Cl)cc1Cl. The zero-order chi connectivity index (χ0) is 14.8. The molecule has 0 fully saturated rings. The Morgan fingerprint density at radius 3 is 2.86 bits per heavy atom. The van der Waals surface area contributed by atoms with E-state index < -0.39 is 0 Å². The van der Waals surface area contributed by atoms with Gasteiger partial charge in [0.25, 0.3) is 0 Å². The smallest absolute Gasteiger partial charge is 0.0468 e. The second kappa shape index (κ2) is 6.62. The number of thioether (sulfide) groups is 1. The molecular weight excluding hydrogens is 321 g/mol. The third kappa shape index (κ3) is 3.40. The van der Waals surface area contributed by atoms with Gasteiger partial charge in [-0.25, -0.2) is 0 Å². The van der Waals surface area contributed by atoms with Gasteiger partial charge in [0.05, 0.1) is 0 Å². The molecule has 21 heavy (non-hydrogen) atoms. The minimum Gasteiger partial charge on any atom is -0.310 e. The molecule has 1 nitrogen and oxygen atoms in total. The molecule has 2 aromatic rings. The Morgan fingerprint density at radius 2 is 2.05 bits per heavy atom. The van der Waals surface area contributed by atoms with Gasteiger partial charge in [0.15, 0.2) is 0 Å². The Labute approximate surface area is 140 Å². The van der Waals surface area contributed by atoms with Crippen molar-refractivity contribution in [2.24, 2.45) is 0 Å². The minimum absolute atomic E-state index is 0.215. The molecule has 0 amide bonds. The fourth-order valence-electron chi connectivity index (χ4n) is 2.68. The lowest BCUT2D eigenvalue weighted by atomic mass is 10.0. The molecule has 2 unspecified atom stereocenters. The maximum Gasteiger partial charge on any atom is 0.0468 e. The first-order valence-corrected chi connectivity index (χ1v) is 8.79. The van der Waals surface area contributed by atoms with Gasteiger partial charge in [0.2, 0.25) is 0 Å². The molecule has 1 aliphatic heterocycles. The highest BCUT2D eigenvalue weighted by atomic mass is 35.5. The van der Waals surface area contributed by atoms with Crippen molar-refractivity contribution in [3.8, 4) is 0 Å². The zero-order valence-electron chi connectivity index (χ0n) is 11.8. The van der Waals surface area contributed by atoms with E-state index in [1.54, 1.807) is 6.07 Å². The average Bonchev–Trinajstić information content (AvgIpc) is 2.88. The van der Waals surface area contributed by atoms with Gasteiger partial charge in [-0.2, -0.15) is 0 Å². The van der Waals surface area contributed by atoms with Crippen LogP contribution in [0.3, 0.4) is 0 Å². The maximum atomic E-state index is 6.27. The second-order valence-electron chi connectivity index (χ2n) is 5.34. The van der Waals surface area contributed by atoms with E-state index >= 15 is 0 Å². The number of halogens is 2. The molecule has 2 aromatic carbocycles. The lowest BCUT2D eigenvalue weighted by Crippen LogP contribution is -2.25. The fourth-order valence-corrected chi connectivity index (χ4v) is 4.51. The van der Waals surface area contributed by atoms with Gasteiger partial charge in [-0.15, -0.1) is 11.8 Å². The van der Waals surface area contributed by atoms with Crippen molar-refractivity contribution in [3.63, 3.8) is 0 Å². The molecule has 4 heteroatoms. The Bertz CT molecular complexity index is 644. The van der Waals surface area contributed by atoms with Crippen molar-refractivity contribution in [3.05, 3.63) is 63.6 Å². The van der Waals surface area contributed by atoms with E-state index in [1.165, 1.54) is 10.5 Å². The van der Waals surface area contributed by atoms with Crippen molar-refractivity contribution >= 4 is 35.0 Å².